The fraction of sp³-hybridized carbons (Fsp3) is 0.889. The highest BCUT2D eigenvalue weighted by atomic mass is 16.6. The van der Waals surface area contributed by atoms with E-state index in [1.165, 1.54) is 0 Å². The quantitative estimate of drug-likeness (QED) is 0.397. The summed E-state index contributed by atoms with van der Waals surface area (Å²) in [6, 6.07) is 0.0829. The van der Waals surface area contributed by atoms with E-state index in [0.717, 1.165) is 51.5 Å². The number of likely N-dealkylation sites (tertiary alicyclic amines) is 1. The largest absolute Gasteiger partial charge is 0.444 e. The first-order valence-electron chi connectivity index (χ1n) is 9.46. The number of ether oxygens (including phenoxy) is 2. The van der Waals surface area contributed by atoms with Crippen molar-refractivity contribution in [1.29, 1.82) is 0 Å². The van der Waals surface area contributed by atoms with Crippen LogP contribution in [0.15, 0.2) is 4.99 Å². The van der Waals surface area contributed by atoms with Crippen molar-refractivity contribution in [3.05, 3.63) is 0 Å². The number of nitrogens with zero attached hydrogens (tertiary/aromatic N) is 2. The second kappa shape index (κ2) is 11.2. The number of carbonyl (C=O) groups excluding carboxylic acids is 1. The van der Waals surface area contributed by atoms with Crippen molar-refractivity contribution in [3.8, 4) is 0 Å². The van der Waals surface area contributed by atoms with Crippen LogP contribution in [0, 0.1) is 0 Å². The molecule has 2 N–H and O–H groups in total. The van der Waals surface area contributed by atoms with E-state index < -0.39 is 5.60 Å². The number of unbranched alkanes of at least 4 members (excludes halogenated alkanes) is 1. The number of hydrogen-bond acceptors (Lipinski definition) is 4. The lowest BCUT2D eigenvalue weighted by molar-refractivity contribution is 0.0507. The molecule has 1 saturated heterocycles. The normalized spacial score (nSPS) is 18.4. The summed E-state index contributed by atoms with van der Waals surface area (Å²) in [5, 5.41) is 6.26. The van der Waals surface area contributed by atoms with Crippen molar-refractivity contribution >= 4 is 12.1 Å². The van der Waals surface area contributed by atoms with Gasteiger partial charge in [-0.25, -0.2) is 4.79 Å². The molecule has 1 atom stereocenters. The monoisotopic (exact) mass is 356 g/mol. The lowest BCUT2D eigenvalue weighted by Gasteiger charge is -2.23. The molecule has 25 heavy (non-hydrogen) atoms. The number of alkyl carbamates (subject to hydrolysis) is 1. The van der Waals surface area contributed by atoms with Crippen molar-refractivity contribution in [2.24, 2.45) is 4.99 Å². The van der Waals surface area contributed by atoms with E-state index in [2.05, 4.69) is 34.4 Å². The fourth-order valence-corrected chi connectivity index (χ4v) is 2.54. The third-order valence-corrected chi connectivity index (χ3v) is 3.68. The first-order chi connectivity index (χ1) is 11.9. The molecule has 0 aromatic carbocycles. The van der Waals surface area contributed by atoms with Crippen molar-refractivity contribution in [3.63, 3.8) is 0 Å². The summed E-state index contributed by atoms with van der Waals surface area (Å²) < 4.78 is 10.9. The van der Waals surface area contributed by atoms with Crippen LogP contribution >= 0.6 is 0 Å². The van der Waals surface area contributed by atoms with Gasteiger partial charge in [0.1, 0.15) is 5.60 Å². The van der Waals surface area contributed by atoms with E-state index in [1.807, 2.05) is 20.8 Å². The molecule has 0 radical (unpaired) electrons. The highest BCUT2D eigenvalue weighted by Gasteiger charge is 2.27. The third kappa shape index (κ3) is 9.53. The maximum absolute atomic E-state index is 11.9. The lowest BCUT2D eigenvalue weighted by atomic mass is 10.2. The summed E-state index contributed by atoms with van der Waals surface area (Å²) in [6.07, 6.45) is 2.77. The summed E-state index contributed by atoms with van der Waals surface area (Å²) in [4.78, 5) is 18.7. The Bertz CT molecular complexity index is 421. The molecule has 1 aliphatic heterocycles. The van der Waals surface area contributed by atoms with E-state index in [-0.39, 0.29) is 12.1 Å². The van der Waals surface area contributed by atoms with Gasteiger partial charge in [0.2, 0.25) is 0 Å². The van der Waals surface area contributed by atoms with Crippen molar-refractivity contribution in [1.82, 2.24) is 15.5 Å². The fourth-order valence-electron chi connectivity index (χ4n) is 2.54. The van der Waals surface area contributed by atoms with Crippen molar-refractivity contribution in [2.75, 3.05) is 39.4 Å². The Morgan fingerprint density at radius 2 is 2.04 bits per heavy atom. The van der Waals surface area contributed by atoms with Gasteiger partial charge in [-0.05, 0) is 40.5 Å². The van der Waals surface area contributed by atoms with Crippen molar-refractivity contribution < 1.29 is 14.3 Å². The zero-order chi connectivity index (χ0) is 18.7. The van der Waals surface area contributed by atoms with Gasteiger partial charge >= 0.3 is 6.09 Å². The number of hydrogen-bond donors (Lipinski definition) is 2. The Hall–Kier alpha value is -1.50. The van der Waals surface area contributed by atoms with Gasteiger partial charge in [0.15, 0.2) is 5.96 Å². The molecule has 7 heteroatoms. The van der Waals surface area contributed by atoms with Crippen LogP contribution in [0.5, 0.6) is 0 Å². The zero-order valence-corrected chi connectivity index (χ0v) is 16.6. The molecule has 7 nitrogen and oxygen atoms in total. The molecular weight excluding hydrogens is 320 g/mol. The molecule has 0 bridgehead atoms. The minimum Gasteiger partial charge on any atom is -0.444 e. The molecule has 1 aliphatic rings. The Kier molecular flexibility index (Phi) is 9.63. The molecule has 1 fully saturated rings. The maximum Gasteiger partial charge on any atom is 0.407 e. The summed E-state index contributed by atoms with van der Waals surface area (Å²) >= 11 is 0. The number of rotatable bonds is 8. The van der Waals surface area contributed by atoms with Crippen molar-refractivity contribution in [2.45, 2.75) is 65.5 Å². The van der Waals surface area contributed by atoms with Gasteiger partial charge in [-0.15, -0.1) is 0 Å². The Morgan fingerprint density at radius 3 is 2.68 bits per heavy atom. The van der Waals surface area contributed by atoms with E-state index >= 15 is 0 Å². The zero-order valence-electron chi connectivity index (χ0n) is 16.6. The molecule has 1 rings (SSSR count). The second-order valence-corrected chi connectivity index (χ2v) is 7.28. The van der Waals surface area contributed by atoms with Gasteiger partial charge in [-0.2, -0.15) is 0 Å². The molecule has 0 aliphatic carbocycles. The van der Waals surface area contributed by atoms with Crippen LogP contribution in [0.3, 0.4) is 0 Å². The van der Waals surface area contributed by atoms with E-state index in [9.17, 15) is 4.79 Å². The van der Waals surface area contributed by atoms with E-state index in [1.54, 1.807) is 0 Å². The molecule has 0 aromatic heterocycles. The van der Waals surface area contributed by atoms with Gasteiger partial charge in [0.05, 0.1) is 19.2 Å². The van der Waals surface area contributed by atoms with Crippen LogP contribution in [0.1, 0.15) is 53.9 Å². The molecule has 0 aromatic rings. The van der Waals surface area contributed by atoms with Crippen LogP contribution in [0.25, 0.3) is 0 Å². The number of carbonyl (C=O) groups is 1. The summed E-state index contributed by atoms with van der Waals surface area (Å²) in [6.45, 7) is 14.3. The minimum absolute atomic E-state index is 0.0829. The first-order valence-corrected chi connectivity index (χ1v) is 9.46. The smallest absolute Gasteiger partial charge is 0.407 e. The Labute approximate surface area is 152 Å². The van der Waals surface area contributed by atoms with Crippen LogP contribution in [0.4, 0.5) is 4.79 Å². The highest BCUT2D eigenvalue weighted by Crippen LogP contribution is 2.12. The Balaban J connectivity index is 2.41. The Morgan fingerprint density at radius 1 is 1.28 bits per heavy atom. The SMILES string of the molecule is CCCCOCCN=C(NCC)N1CCC(NC(=O)OC(C)(C)C)C1. The molecule has 1 amide bonds. The summed E-state index contributed by atoms with van der Waals surface area (Å²) in [5.74, 6) is 0.884. The van der Waals surface area contributed by atoms with E-state index in [0.29, 0.717) is 13.2 Å². The van der Waals surface area contributed by atoms with Gasteiger partial charge in [-0.3, -0.25) is 4.99 Å². The topological polar surface area (TPSA) is 75.2 Å². The number of nitrogens with one attached hydrogen (secondary N) is 2. The van der Waals surface area contributed by atoms with Crippen LogP contribution in [-0.4, -0.2) is 68.0 Å². The predicted molar refractivity (Wildman–Crippen MR) is 101 cm³/mol. The average Bonchev–Trinajstić information content (AvgIpc) is 2.95. The molecule has 1 heterocycles. The van der Waals surface area contributed by atoms with E-state index in [4.69, 9.17) is 9.47 Å². The lowest BCUT2D eigenvalue weighted by Crippen LogP contribution is -2.44. The molecular formula is C18H36N4O3. The third-order valence-electron chi connectivity index (χ3n) is 3.68. The van der Waals surface area contributed by atoms with Gasteiger partial charge in [0.25, 0.3) is 0 Å². The van der Waals surface area contributed by atoms with Gasteiger partial charge in [0, 0.05) is 26.2 Å². The van der Waals surface area contributed by atoms with Crippen LogP contribution < -0.4 is 10.6 Å². The number of guanidine groups is 1. The predicted octanol–water partition coefficient (Wildman–Crippen LogP) is 2.37. The highest BCUT2D eigenvalue weighted by molar-refractivity contribution is 5.80. The molecule has 1 unspecified atom stereocenters. The van der Waals surface area contributed by atoms with Crippen LogP contribution in [-0.2, 0) is 9.47 Å². The van der Waals surface area contributed by atoms with Gasteiger partial charge < -0.3 is 25.0 Å². The maximum atomic E-state index is 11.9. The summed E-state index contributed by atoms with van der Waals surface area (Å²) in [5.41, 5.74) is -0.476. The molecule has 0 spiro atoms. The summed E-state index contributed by atoms with van der Waals surface area (Å²) in [7, 11) is 0. The standard InChI is InChI=1S/C18H36N4O3/c1-6-8-12-24-13-10-20-16(19-7-2)22-11-9-15(14-22)21-17(23)25-18(3,4)5/h15H,6-14H2,1-5H3,(H,19,20)(H,21,23). The van der Waals surface area contributed by atoms with Gasteiger partial charge in [-0.1, -0.05) is 13.3 Å². The first kappa shape index (κ1) is 21.5. The molecule has 146 valence electrons. The minimum atomic E-state index is -0.476. The van der Waals surface area contributed by atoms with Crippen LogP contribution in [0.2, 0.25) is 0 Å². The number of aliphatic imine (C=N–C) groups is 1. The number of amides is 1. The average molecular weight is 357 g/mol. The second-order valence-electron chi connectivity index (χ2n) is 7.28. The molecule has 0 saturated carbocycles.